The zero-order valence-corrected chi connectivity index (χ0v) is 14.2. The van der Waals surface area contributed by atoms with Crippen molar-refractivity contribution in [2.24, 2.45) is 0 Å². The highest BCUT2D eigenvalue weighted by Crippen LogP contribution is 2.38. The third-order valence-electron chi connectivity index (χ3n) is 4.39. The van der Waals surface area contributed by atoms with Gasteiger partial charge in [0.1, 0.15) is 0 Å². The summed E-state index contributed by atoms with van der Waals surface area (Å²) < 4.78 is 0. The van der Waals surface area contributed by atoms with Gasteiger partial charge in [-0.25, -0.2) is 0 Å². The first kappa shape index (κ1) is 17.9. The Bertz CT molecular complexity index is 306. The van der Waals surface area contributed by atoms with E-state index >= 15 is 0 Å². The first-order valence-corrected chi connectivity index (χ1v) is 6.74. The highest BCUT2D eigenvalue weighted by atomic mass is 35.5. The number of likely N-dealkylation sites (N-methyl/N-ethyl adjacent to an activating group) is 2. The molecular weight excluding hydrogens is 244 g/mol. The molecule has 3 heteroatoms. The lowest BCUT2D eigenvalue weighted by molar-refractivity contribution is 0.0566. The SMILES string of the molecule is CCC(C1=CC(C)(C)N(C)C(C)(C)C1)N(C)C.Cl. The van der Waals surface area contributed by atoms with Crippen LogP contribution in [0.1, 0.15) is 47.5 Å². The molecule has 1 rings (SSSR count). The van der Waals surface area contributed by atoms with E-state index in [4.69, 9.17) is 0 Å². The van der Waals surface area contributed by atoms with Crippen molar-refractivity contribution in [2.45, 2.75) is 64.6 Å². The number of hydrogen-bond donors (Lipinski definition) is 0. The molecule has 0 aromatic carbocycles. The van der Waals surface area contributed by atoms with Crippen molar-refractivity contribution >= 4 is 12.4 Å². The molecule has 0 N–H and O–H groups in total. The smallest absolute Gasteiger partial charge is 0.0340 e. The van der Waals surface area contributed by atoms with Crippen molar-refractivity contribution < 1.29 is 0 Å². The minimum absolute atomic E-state index is 0. The summed E-state index contributed by atoms with van der Waals surface area (Å²) in [6.07, 6.45) is 4.84. The summed E-state index contributed by atoms with van der Waals surface area (Å²) >= 11 is 0. The van der Waals surface area contributed by atoms with E-state index in [0.717, 1.165) is 0 Å². The molecule has 1 aliphatic rings. The van der Waals surface area contributed by atoms with Crippen LogP contribution in [0.5, 0.6) is 0 Å². The Morgan fingerprint density at radius 3 is 2.11 bits per heavy atom. The average molecular weight is 275 g/mol. The lowest BCUT2D eigenvalue weighted by Gasteiger charge is -2.51. The quantitative estimate of drug-likeness (QED) is 0.726. The second kappa shape index (κ2) is 5.94. The summed E-state index contributed by atoms with van der Waals surface area (Å²) in [6.45, 7) is 11.6. The minimum Gasteiger partial charge on any atom is -0.303 e. The van der Waals surface area contributed by atoms with Gasteiger partial charge in [-0.1, -0.05) is 18.6 Å². The normalized spacial score (nSPS) is 24.4. The third kappa shape index (κ3) is 3.49. The molecule has 0 bridgehead atoms. The molecule has 0 aromatic heterocycles. The van der Waals surface area contributed by atoms with Crippen molar-refractivity contribution in [1.29, 1.82) is 0 Å². The van der Waals surface area contributed by atoms with E-state index in [-0.39, 0.29) is 23.5 Å². The predicted octanol–water partition coefficient (Wildman–Crippen LogP) is 3.57. The molecule has 0 fully saturated rings. The van der Waals surface area contributed by atoms with Gasteiger partial charge in [-0.2, -0.15) is 0 Å². The summed E-state index contributed by atoms with van der Waals surface area (Å²) in [5.41, 5.74) is 2.00. The van der Waals surface area contributed by atoms with Gasteiger partial charge in [-0.3, -0.25) is 4.90 Å². The van der Waals surface area contributed by atoms with Gasteiger partial charge in [0, 0.05) is 17.1 Å². The number of halogens is 1. The van der Waals surface area contributed by atoms with Gasteiger partial charge < -0.3 is 4.90 Å². The Balaban J connectivity index is 0.00000289. The summed E-state index contributed by atoms with van der Waals surface area (Å²) in [4.78, 5) is 4.84. The first-order chi connectivity index (χ1) is 7.62. The van der Waals surface area contributed by atoms with Crippen LogP contribution in [0.25, 0.3) is 0 Å². The second-order valence-corrected chi connectivity index (χ2v) is 6.81. The van der Waals surface area contributed by atoms with Crippen molar-refractivity contribution in [2.75, 3.05) is 21.1 Å². The van der Waals surface area contributed by atoms with Gasteiger partial charge in [0.2, 0.25) is 0 Å². The van der Waals surface area contributed by atoms with Gasteiger partial charge in [-0.05, 0) is 61.7 Å². The fourth-order valence-electron chi connectivity index (χ4n) is 3.17. The molecular formula is C15H31ClN2. The third-order valence-corrected chi connectivity index (χ3v) is 4.39. The molecule has 0 amide bonds. The van der Waals surface area contributed by atoms with E-state index in [2.05, 4.69) is 71.6 Å². The van der Waals surface area contributed by atoms with Gasteiger partial charge in [0.15, 0.2) is 0 Å². The van der Waals surface area contributed by atoms with Crippen molar-refractivity contribution in [3.05, 3.63) is 11.6 Å². The second-order valence-electron chi connectivity index (χ2n) is 6.81. The molecule has 0 aliphatic carbocycles. The molecule has 2 nitrogen and oxygen atoms in total. The van der Waals surface area contributed by atoms with Crippen molar-refractivity contribution in [3.63, 3.8) is 0 Å². The maximum Gasteiger partial charge on any atom is 0.0340 e. The Morgan fingerprint density at radius 2 is 1.78 bits per heavy atom. The Kier molecular flexibility index (Phi) is 5.92. The zero-order valence-electron chi connectivity index (χ0n) is 13.4. The van der Waals surface area contributed by atoms with Crippen LogP contribution in [0.15, 0.2) is 11.6 Å². The van der Waals surface area contributed by atoms with Crippen LogP contribution in [-0.2, 0) is 0 Å². The lowest BCUT2D eigenvalue weighted by Crippen LogP contribution is -2.56. The first-order valence-electron chi connectivity index (χ1n) is 6.74. The monoisotopic (exact) mass is 274 g/mol. The van der Waals surface area contributed by atoms with Crippen LogP contribution in [-0.4, -0.2) is 48.1 Å². The molecule has 18 heavy (non-hydrogen) atoms. The topological polar surface area (TPSA) is 6.48 Å². The van der Waals surface area contributed by atoms with Crippen molar-refractivity contribution in [1.82, 2.24) is 9.80 Å². The van der Waals surface area contributed by atoms with Crippen LogP contribution in [0.2, 0.25) is 0 Å². The average Bonchev–Trinajstić information content (AvgIpc) is 2.13. The number of hydrogen-bond acceptors (Lipinski definition) is 2. The van der Waals surface area contributed by atoms with E-state index in [9.17, 15) is 0 Å². The van der Waals surface area contributed by atoms with Gasteiger partial charge in [0.05, 0.1) is 0 Å². The lowest BCUT2D eigenvalue weighted by atomic mass is 9.78. The Labute approximate surface area is 120 Å². The fourth-order valence-corrected chi connectivity index (χ4v) is 3.17. The van der Waals surface area contributed by atoms with E-state index in [1.807, 2.05) is 0 Å². The summed E-state index contributed by atoms with van der Waals surface area (Å²) in [5, 5.41) is 0. The van der Waals surface area contributed by atoms with E-state index in [1.54, 1.807) is 5.57 Å². The zero-order chi connectivity index (χ0) is 13.4. The molecule has 0 saturated heterocycles. The molecule has 1 heterocycles. The van der Waals surface area contributed by atoms with Crippen LogP contribution >= 0.6 is 12.4 Å². The molecule has 1 atom stereocenters. The van der Waals surface area contributed by atoms with Gasteiger partial charge in [0.25, 0.3) is 0 Å². The van der Waals surface area contributed by atoms with E-state index in [1.165, 1.54) is 12.8 Å². The molecule has 0 spiro atoms. The Hall–Kier alpha value is -0.0500. The van der Waals surface area contributed by atoms with Crippen LogP contribution < -0.4 is 0 Å². The summed E-state index contributed by atoms with van der Waals surface area (Å²) in [7, 11) is 6.62. The molecule has 1 unspecified atom stereocenters. The number of rotatable bonds is 3. The molecule has 0 aromatic rings. The maximum absolute atomic E-state index is 2.49. The summed E-state index contributed by atoms with van der Waals surface area (Å²) in [5.74, 6) is 0. The highest BCUT2D eigenvalue weighted by Gasteiger charge is 2.39. The van der Waals surface area contributed by atoms with Crippen LogP contribution in [0.3, 0.4) is 0 Å². The van der Waals surface area contributed by atoms with Gasteiger partial charge >= 0.3 is 0 Å². The standard InChI is InChI=1S/C15H30N2.ClH/c1-9-13(16(6)7)12-10-14(2,3)17(8)15(4,5)11-12;/h10,13H,9,11H2,1-8H3;1H. The van der Waals surface area contributed by atoms with Gasteiger partial charge in [-0.15, -0.1) is 12.4 Å². The molecule has 108 valence electrons. The number of nitrogens with zero attached hydrogens (tertiary/aromatic N) is 2. The van der Waals surface area contributed by atoms with Crippen LogP contribution in [0.4, 0.5) is 0 Å². The maximum atomic E-state index is 2.49. The molecule has 0 radical (unpaired) electrons. The van der Waals surface area contributed by atoms with E-state index in [0.29, 0.717) is 6.04 Å². The van der Waals surface area contributed by atoms with Crippen molar-refractivity contribution in [3.8, 4) is 0 Å². The van der Waals surface area contributed by atoms with Crippen LogP contribution in [0, 0.1) is 0 Å². The molecule has 1 aliphatic heterocycles. The molecule has 0 saturated carbocycles. The minimum atomic E-state index is 0. The fraction of sp³-hybridized carbons (Fsp3) is 0.867. The highest BCUT2D eigenvalue weighted by molar-refractivity contribution is 5.85. The predicted molar refractivity (Wildman–Crippen MR) is 83.6 cm³/mol. The van der Waals surface area contributed by atoms with E-state index < -0.39 is 0 Å². The Morgan fingerprint density at radius 1 is 1.28 bits per heavy atom. The largest absolute Gasteiger partial charge is 0.303 e. The summed E-state index contributed by atoms with van der Waals surface area (Å²) in [6, 6.07) is 0.585.